The van der Waals surface area contributed by atoms with E-state index in [1.165, 1.54) is 0 Å². The molecule has 3 heteroatoms. The van der Waals surface area contributed by atoms with E-state index >= 15 is 0 Å². The van der Waals surface area contributed by atoms with Crippen molar-refractivity contribution < 1.29 is 4.79 Å². The van der Waals surface area contributed by atoms with E-state index in [2.05, 4.69) is 5.32 Å². The average molecular weight is 248 g/mol. The molecule has 0 spiro atoms. The molecular formula is C15H24N2O. The fourth-order valence-corrected chi connectivity index (χ4v) is 1.96. The van der Waals surface area contributed by atoms with Crippen LogP contribution in [-0.2, 0) is 4.79 Å². The van der Waals surface area contributed by atoms with Gasteiger partial charge < -0.3 is 11.1 Å². The first-order valence-corrected chi connectivity index (χ1v) is 6.45. The lowest BCUT2D eigenvalue weighted by atomic mass is 9.88. The van der Waals surface area contributed by atoms with Gasteiger partial charge in [0.05, 0.1) is 5.41 Å². The third-order valence-electron chi connectivity index (χ3n) is 3.09. The maximum Gasteiger partial charge on any atom is 0.233 e. The van der Waals surface area contributed by atoms with Crippen LogP contribution in [-0.4, -0.2) is 18.0 Å². The van der Waals surface area contributed by atoms with Crippen molar-refractivity contribution in [2.24, 2.45) is 11.1 Å². The zero-order valence-electron chi connectivity index (χ0n) is 11.7. The van der Waals surface area contributed by atoms with Gasteiger partial charge in [-0.05, 0) is 34.1 Å². The van der Waals surface area contributed by atoms with Crippen LogP contribution >= 0.6 is 0 Å². The second-order valence-corrected chi connectivity index (χ2v) is 5.47. The van der Waals surface area contributed by atoms with Gasteiger partial charge in [-0.25, -0.2) is 0 Å². The highest BCUT2D eigenvalue weighted by molar-refractivity contribution is 5.86. The summed E-state index contributed by atoms with van der Waals surface area (Å²) in [5.74, 6) is 0.0197. The summed E-state index contributed by atoms with van der Waals surface area (Å²) in [7, 11) is 0. The Morgan fingerprint density at radius 2 is 2.11 bits per heavy atom. The van der Waals surface area contributed by atoms with Crippen LogP contribution in [0.4, 0.5) is 0 Å². The third kappa shape index (κ3) is 4.15. The van der Waals surface area contributed by atoms with Gasteiger partial charge in [-0.2, -0.15) is 0 Å². The van der Waals surface area contributed by atoms with Crippen LogP contribution in [0, 0.1) is 5.41 Å². The van der Waals surface area contributed by atoms with E-state index in [9.17, 15) is 4.79 Å². The maximum atomic E-state index is 12.3. The van der Waals surface area contributed by atoms with Crippen molar-refractivity contribution >= 4 is 5.91 Å². The molecule has 0 heterocycles. The molecule has 0 aliphatic heterocycles. The number of allylic oxidation sites excluding steroid dienone is 4. The Labute approximate surface area is 110 Å². The molecule has 3 unspecified atom stereocenters. The van der Waals surface area contributed by atoms with E-state index in [1.54, 1.807) is 0 Å². The number of carbonyl (C=O) groups is 1. The summed E-state index contributed by atoms with van der Waals surface area (Å²) in [6.45, 7) is 7.87. The third-order valence-corrected chi connectivity index (χ3v) is 3.09. The topological polar surface area (TPSA) is 55.1 Å². The first kappa shape index (κ1) is 14.7. The van der Waals surface area contributed by atoms with E-state index < -0.39 is 5.41 Å². The number of rotatable bonds is 4. The Kier molecular flexibility index (Phi) is 4.91. The average Bonchev–Trinajstić information content (AvgIpc) is 2.41. The molecule has 0 saturated heterocycles. The fraction of sp³-hybridized carbons (Fsp3) is 0.533. The summed E-state index contributed by atoms with van der Waals surface area (Å²) in [4.78, 5) is 12.3. The van der Waals surface area contributed by atoms with Crippen molar-refractivity contribution in [3.05, 3.63) is 36.0 Å². The molecule has 1 aliphatic carbocycles. The van der Waals surface area contributed by atoms with E-state index in [-0.39, 0.29) is 18.0 Å². The van der Waals surface area contributed by atoms with E-state index in [1.807, 2.05) is 58.1 Å². The van der Waals surface area contributed by atoms with Crippen LogP contribution in [0.25, 0.3) is 0 Å². The zero-order chi connectivity index (χ0) is 13.8. The van der Waals surface area contributed by atoms with Gasteiger partial charge in [-0.15, -0.1) is 0 Å². The van der Waals surface area contributed by atoms with E-state index in [4.69, 9.17) is 5.73 Å². The van der Waals surface area contributed by atoms with Crippen molar-refractivity contribution in [3.63, 3.8) is 0 Å². The van der Waals surface area contributed by atoms with Crippen molar-refractivity contribution in [1.82, 2.24) is 5.32 Å². The lowest BCUT2D eigenvalue weighted by Crippen LogP contribution is -2.43. The molecule has 1 rings (SSSR count). The molecule has 0 fully saturated rings. The highest BCUT2D eigenvalue weighted by Crippen LogP contribution is 2.24. The molecule has 0 aromatic carbocycles. The molecule has 0 saturated carbocycles. The van der Waals surface area contributed by atoms with E-state index in [0.717, 1.165) is 12.0 Å². The van der Waals surface area contributed by atoms with E-state index in [0.29, 0.717) is 0 Å². The molecule has 0 radical (unpaired) electrons. The fourth-order valence-electron chi connectivity index (χ4n) is 1.96. The van der Waals surface area contributed by atoms with Gasteiger partial charge in [-0.1, -0.05) is 36.0 Å². The number of nitrogens with one attached hydrogen (secondary N) is 1. The Bertz CT molecular complexity index is 393. The lowest BCUT2D eigenvalue weighted by Gasteiger charge is -2.24. The van der Waals surface area contributed by atoms with Crippen LogP contribution in [0.15, 0.2) is 36.0 Å². The second-order valence-electron chi connectivity index (χ2n) is 5.47. The Morgan fingerprint density at radius 1 is 1.44 bits per heavy atom. The van der Waals surface area contributed by atoms with Gasteiger partial charge in [0.15, 0.2) is 0 Å². The molecule has 100 valence electrons. The summed E-state index contributed by atoms with van der Waals surface area (Å²) in [5.41, 5.74) is 6.30. The largest absolute Gasteiger partial charge is 0.353 e. The minimum absolute atomic E-state index is 0.0197. The summed E-state index contributed by atoms with van der Waals surface area (Å²) < 4.78 is 0. The molecule has 3 N–H and O–H groups in total. The molecule has 3 atom stereocenters. The number of amides is 1. The predicted molar refractivity (Wildman–Crippen MR) is 76.0 cm³/mol. The van der Waals surface area contributed by atoms with Gasteiger partial charge in [0.1, 0.15) is 0 Å². The normalized spacial score (nSPS) is 26.2. The lowest BCUT2D eigenvalue weighted by molar-refractivity contribution is -0.126. The monoisotopic (exact) mass is 248 g/mol. The number of nitrogens with two attached hydrogens (primary N) is 1. The number of carbonyl (C=O) groups excluding carboxylic acids is 1. The molecule has 0 aromatic heterocycles. The Hall–Kier alpha value is -1.35. The summed E-state index contributed by atoms with van der Waals surface area (Å²) in [6, 6.07) is 0.186. The number of hydrogen-bond acceptors (Lipinski definition) is 2. The zero-order valence-corrected chi connectivity index (χ0v) is 11.7. The summed E-state index contributed by atoms with van der Waals surface area (Å²) >= 11 is 0. The quantitative estimate of drug-likeness (QED) is 0.802. The predicted octanol–water partition coefficient (Wildman–Crippen LogP) is 2.31. The van der Waals surface area contributed by atoms with Gasteiger partial charge in [0, 0.05) is 12.1 Å². The van der Waals surface area contributed by atoms with Crippen LogP contribution in [0.3, 0.4) is 0 Å². The van der Waals surface area contributed by atoms with Crippen molar-refractivity contribution in [3.8, 4) is 0 Å². The molecule has 1 amide bonds. The van der Waals surface area contributed by atoms with Gasteiger partial charge in [0.2, 0.25) is 5.91 Å². The van der Waals surface area contributed by atoms with Crippen molar-refractivity contribution in [2.75, 3.05) is 0 Å². The molecule has 0 bridgehead atoms. The van der Waals surface area contributed by atoms with Crippen LogP contribution in [0.5, 0.6) is 0 Å². The Balaban J connectivity index is 2.69. The van der Waals surface area contributed by atoms with Crippen LogP contribution < -0.4 is 11.1 Å². The number of hydrogen-bond donors (Lipinski definition) is 2. The van der Waals surface area contributed by atoms with Gasteiger partial charge >= 0.3 is 0 Å². The van der Waals surface area contributed by atoms with Crippen LogP contribution in [0.2, 0.25) is 0 Å². The summed E-state index contributed by atoms with van der Waals surface area (Å²) in [6.07, 6.45) is 10.6. The molecule has 18 heavy (non-hydrogen) atoms. The Morgan fingerprint density at radius 3 is 2.72 bits per heavy atom. The van der Waals surface area contributed by atoms with Crippen LogP contribution in [0.1, 0.15) is 34.1 Å². The van der Waals surface area contributed by atoms with Gasteiger partial charge in [-0.3, -0.25) is 4.79 Å². The highest BCUT2D eigenvalue weighted by Gasteiger charge is 2.28. The minimum atomic E-state index is -0.583. The highest BCUT2D eigenvalue weighted by atomic mass is 16.2. The standard InChI is InChI=1S/C15H24N2O/c1-11-6-5-8-15(4,9-7-11)14(18)17-13(3)10-12(2)16/h5-9,12-13H,10,16H2,1-4H3,(H,17,18). The molecular weight excluding hydrogens is 224 g/mol. The first-order valence-electron chi connectivity index (χ1n) is 6.45. The molecule has 0 aromatic rings. The van der Waals surface area contributed by atoms with Crippen molar-refractivity contribution in [1.29, 1.82) is 0 Å². The SMILES string of the molecule is CC1=CC=CC(C)(C(=O)NC(C)CC(C)N)C=C1. The molecule has 3 nitrogen and oxygen atoms in total. The van der Waals surface area contributed by atoms with Gasteiger partial charge in [0.25, 0.3) is 0 Å². The first-order chi connectivity index (χ1) is 8.33. The minimum Gasteiger partial charge on any atom is -0.353 e. The maximum absolute atomic E-state index is 12.3. The summed E-state index contributed by atoms with van der Waals surface area (Å²) in [5, 5.41) is 3.02. The molecule has 1 aliphatic rings. The van der Waals surface area contributed by atoms with Crippen molar-refractivity contribution in [2.45, 2.75) is 46.2 Å². The second kappa shape index (κ2) is 6.01. The smallest absolute Gasteiger partial charge is 0.233 e.